The van der Waals surface area contributed by atoms with Crippen LogP contribution in [0, 0.1) is 0 Å². The maximum absolute atomic E-state index is 5.76. The van der Waals surface area contributed by atoms with Gasteiger partial charge in [0.15, 0.2) is 0 Å². The number of allylic oxidation sites excluding steroid dienone is 1. The summed E-state index contributed by atoms with van der Waals surface area (Å²) in [6, 6.07) is 5.55. The minimum Gasteiger partial charge on any atom is -0.430 e. The van der Waals surface area contributed by atoms with Gasteiger partial charge in [-0.15, -0.1) is 6.58 Å². The average molecular weight is 261 g/mol. The number of nitrogens with two attached hydrogens (primary N) is 1. The van der Waals surface area contributed by atoms with Crippen molar-refractivity contribution in [1.82, 2.24) is 9.36 Å². The Hall–Kier alpha value is -1.88. The Bertz CT molecular complexity index is 551. The number of hydrogen-bond acceptors (Lipinski definition) is 5. The highest BCUT2D eigenvalue weighted by molar-refractivity contribution is 7.07. The zero-order chi connectivity index (χ0) is 13.0. The van der Waals surface area contributed by atoms with Crippen molar-refractivity contribution in [2.45, 2.75) is 19.8 Å². The summed E-state index contributed by atoms with van der Waals surface area (Å²) in [4.78, 5) is 4.28. The molecule has 0 unspecified atom stereocenters. The molecule has 0 amide bonds. The van der Waals surface area contributed by atoms with Crippen LogP contribution in [-0.2, 0) is 12.8 Å². The third-order valence-corrected chi connectivity index (χ3v) is 3.04. The van der Waals surface area contributed by atoms with Crippen LogP contribution in [0.5, 0.6) is 10.9 Å². The standard InChI is InChI=1S/C13H15N3OS/c1-3-5-9-8-10(14)6-7-11(9)17-13-15-12(4-2)16-18-13/h3,6-8H,1,4-5,14H2,2H3. The summed E-state index contributed by atoms with van der Waals surface area (Å²) in [5, 5.41) is 0.557. The van der Waals surface area contributed by atoms with Crippen molar-refractivity contribution in [2.24, 2.45) is 0 Å². The number of anilines is 1. The van der Waals surface area contributed by atoms with Crippen molar-refractivity contribution in [3.05, 3.63) is 42.2 Å². The normalized spacial score (nSPS) is 10.3. The third kappa shape index (κ3) is 2.87. The fraction of sp³-hybridized carbons (Fsp3) is 0.231. The third-order valence-electron chi connectivity index (χ3n) is 2.41. The van der Waals surface area contributed by atoms with Gasteiger partial charge in [0.05, 0.1) is 0 Å². The first kappa shape index (κ1) is 12.6. The van der Waals surface area contributed by atoms with Gasteiger partial charge in [0.2, 0.25) is 0 Å². The molecule has 0 saturated carbocycles. The van der Waals surface area contributed by atoms with Gasteiger partial charge in [-0.1, -0.05) is 13.0 Å². The zero-order valence-electron chi connectivity index (χ0n) is 10.2. The zero-order valence-corrected chi connectivity index (χ0v) is 11.0. The maximum atomic E-state index is 5.76. The molecule has 5 heteroatoms. The lowest BCUT2D eigenvalue weighted by Gasteiger charge is -2.08. The first-order valence-electron chi connectivity index (χ1n) is 5.72. The summed E-state index contributed by atoms with van der Waals surface area (Å²) in [7, 11) is 0. The van der Waals surface area contributed by atoms with E-state index < -0.39 is 0 Å². The number of nitrogens with zero attached hydrogens (tertiary/aromatic N) is 2. The average Bonchev–Trinajstić information content (AvgIpc) is 2.81. The Morgan fingerprint density at radius 2 is 2.33 bits per heavy atom. The largest absolute Gasteiger partial charge is 0.430 e. The number of nitrogen functional groups attached to an aromatic ring is 1. The lowest BCUT2D eigenvalue weighted by atomic mass is 10.1. The maximum Gasteiger partial charge on any atom is 0.298 e. The van der Waals surface area contributed by atoms with E-state index in [1.165, 1.54) is 11.5 Å². The van der Waals surface area contributed by atoms with Gasteiger partial charge in [0.1, 0.15) is 11.6 Å². The van der Waals surface area contributed by atoms with Crippen molar-refractivity contribution >= 4 is 17.2 Å². The van der Waals surface area contributed by atoms with Gasteiger partial charge < -0.3 is 10.5 Å². The lowest BCUT2D eigenvalue weighted by molar-refractivity contribution is 0.472. The van der Waals surface area contributed by atoms with Crippen LogP contribution in [0.15, 0.2) is 30.9 Å². The number of aromatic nitrogens is 2. The summed E-state index contributed by atoms with van der Waals surface area (Å²) >= 11 is 1.26. The van der Waals surface area contributed by atoms with E-state index in [1.54, 1.807) is 0 Å². The molecule has 1 aromatic heterocycles. The number of aryl methyl sites for hydroxylation is 1. The molecular weight excluding hydrogens is 246 g/mol. The SMILES string of the molecule is C=CCc1cc(N)ccc1Oc1nc(CC)ns1. The molecule has 0 bridgehead atoms. The molecule has 0 spiro atoms. The molecule has 94 valence electrons. The molecule has 0 aliphatic heterocycles. The van der Waals surface area contributed by atoms with E-state index in [-0.39, 0.29) is 0 Å². The van der Waals surface area contributed by atoms with E-state index in [0.29, 0.717) is 17.3 Å². The van der Waals surface area contributed by atoms with E-state index >= 15 is 0 Å². The van der Waals surface area contributed by atoms with Gasteiger partial charge in [0.25, 0.3) is 5.19 Å². The Balaban J connectivity index is 2.24. The molecule has 2 N–H and O–H groups in total. The van der Waals surface area contributed by atoms with Crippen molar-refractivity contribution < 1.29 is 4.74 Å². The van der Waals surface area contributed by atoms with E-state index in [4.69, 9.17) is 10.5 Å². The molecule has 18 heavy (non-hydrogen) atoms. The molecule has 0 aliphatic carbocycles. The number of benzene rings is 1. The monoisotopic (exact) mass is 261 g/mol. The van der Waals surface area contributed by atoms with E-state index in [0.717, 1.165) is 23.6 Å². The van der Waals surface area contributed by atoms with Crippen molar-refractivity contribution in [3.63, 3.8) is 0 Å². The molecule has 1 aromatic carbocycles. The number of ether oxygens (including phenoxy) is 1. The lowest BCUT2D eigenvalue weighted by Crippen LogP contribution is -1.93. The second-order valence-electron chi connectivity index (χ2n) is 3.79. The summed E-state index contributed by atoms with van der Waals surface area (Å²) < 4.78 is 9.93. The van der Waals surface area contributed by atoms with E-state index in [2.05, 4.69) is 15.9 Å². The van der Waals surface area contributed by atoms with Crippen LogP contribution in [0.2, 0.25) is 0 Å². The van der Waals surface area contributed by atoms with Gasteiger partial charge in [-0.3, -0.25) is 0 Å². The highest BCUT2D eigenvalue weighted by atomic mass is 32.1. The Kier molecular flexibility index (Phi) is 3.94. The quantitative estimate of drug-likeness (QED) is 0.663. The first-order chi connectivity index (χ1) is 8.72. The van der Waals surface area contributed by atoms with Gasteiger partial charge in [0, 0.05) is 29.2 Å². The van der Waals surface area contributed by atoms with Gasteiger partial charge >= 0.3 is 0 Å². The van der Waals surface area contributed by atoms with Crippen LogP contribution in [0.3, 0.4) is 0 Å². The van der Waals surface area contributed by atoms with Gasteiger partial charge in [-0.2, -0.15) is 9.36 Å². The summed E-state index contributed by atoms with van der Waals surface area (Å²) in [6.45, 7) is 5.74. The molecule has 0 saturated heterocycles. The van der Waals surface area contributed by atoms with Crippen LogP contribution in [0.4, 0.5) is 5.69 Å². The highest BCUT2D eigenvalue weighted by Gasteiger charge is 2.08. The Labute approximate surface area is 110 Å². The fourth-order valence-corrected chi connectivity index (χ4v) is 2.16. The van der Waals surface area contributed by atoms with E-state index in [1.807, 2.05) is 31.2 Å². The highest BCUT2D eigenvalue weighted by Crippen LogP contribution is 2.28. The van der Waals surface area contributed by atoms with Gasteiger partial charge in [-0.25, -0.2) is 0 Å². The van der Waals surface area contributed by atoms with Crippen molar-refractivity contribution in [1.29, 1.82) is 0 Å². The molecular formula is C13H15N3OS. The Morgan fingerprint density at radius 3 is 3.00 bits per heavy atom. The number of rotatable bonds is 5. The summed E-state index contributed by atoms with van der Waals surface area (Å²) in [5.74, 6) is 1.55. The number of hydrogen-bond donors (Lipinski definition) is 1. The molecule has 0 fully saturated rings. The van der Waals surface area contributed by atoms with Crippen LogP contribution in [-0.4, -0.2) is 9.36 Å². The topological polar surface area (TPSA) is 61.0 Å². The predicted octanol–water partition coefficient (Wildman–Crippen LogP) is 3.20. The Morgan fingerprint density at radius 1 is 1.50 bits per heavy atom. The van der Waals surface area contributed by atoms with E-state index in [9.17, 15) is 0 Å². The minimum absolute atomic E-state index is 0.557. The minimum atomic E-state index is 0.557. The fourth-order valence-electron chi connectivity index (χ4n) is 1.53. The summed E-state index contributed by atoms with van der Waals surface area (Å²) in [5.41, 5.74) is 7.47. The molecule has 2 aromatic rings. The molecule has 0 aliphatic rings. The smallest absolute Gasteiger partial charge is 0.298 e. The van der Waals surface area contributed by atoms with Gasteiger partial charge in [-0.05, 0) is 24.6 Å². The molecule has 0 atom stereocenters. The first-order valence-corrected chi connectivity index (χ1v) is 6.50. The molecule has 0 radical (unpaired) electrons. The van der Waals surface area contributed by atoms with Crippen LogP contribution in [0.1, 0.15) is 18.3 Å². The molecule has 4 nitrogen and oxygen atoms in total. The molecule has 1 heterocycles. The van der Waals surface area contributed by atoms with Crippen LogP contribution in [0.25, 0.3) is 0 Å². The second-order valence-corrected chi connectivity index (χ2v) is 4.51. The second kappa shape index (κ2) is 5.64. The van der Waals surface area contributed by atoms with Crippen molar-refractivity contribution in [3.8, 4) is 10.9 Å². The summed E-state index contributed by atoms with van der Waals surface area (Å²) in [6.07, 6.45) is 3.33. The predicted molar refractivity (Wildman–Crippen MR) is 74.1 cm³/mol. The molecule has 2 rings (SSSR count). The van der Waals surface area contributed by atoms with Crippen molar-refractivity contribution in [2.75, 3.05) is 5.73 Å². The van der Waals surface area contributed by atoms with Crippen LogP contribution >= 0.6 is 11.5 Å². The van der Waals surface area contributed by atoms with Crippen LogP contribution < -0.4 is 10.5 Å².